The summed E-state index contributed by atoms with van der Waals surface area (Å²) < 4.78 is 14.2. The van der Waals surface area contributed by atoms with Crippen LogP contribution in [0.1, 0.15) is 28.8 Å². The topological polar surface area (TPSA) is 99.2 Å². The largest absolute Gasteiger partial charge is 0.380 e. The first-order valence-electron chi connectivity index (χ1n) is 10.3. The Morgan fingerprint density at radius 1 is 1.12 bits per heavy atom. The van der Waals surface area contributed by atoms with Gasteiger partial charge in [0.15, 0.2) is 6.29 Å². The van der Waals surface area contributed by atoms with E-state index in [1.165, 1.54) is 18.3 Å². The van der Waals surface area contributed by atoms with Crippen LogP contribution in [0.4, 0.5) is 32.1 Å². The summed E-state index contributed by atoms with van der Waals surface area (Å²) in [7, 11) is 0. The van der Waals surface area contributed by atoms with E-state index in [0.29, 0.717) is 42.4 Å². The van der Waals surface area contributed by atoms with Crippen molar-refractivity contribution in [3.8, 4) is 0 Å². The van der Waals surface area contributed by atoms with Crippen LogP contribution >= 0.6 is 0 Å². The number of anilines is 4. The number of aldehydes is 1. The van der Waals surface area contributed by atoms with Crippen LogP contribution in [0.15, 0.2) is 55.0 Å². The molecule has 8 nitrogen and oxygen atoms in total. The van der Waals surface area contributed by atoms with Gasteiger partial charge in [-0.25, -0.2) is 14.2 Å². The first-order valence-corrected chi connectivity index (χ1v) is 10.3. The van der Waals surface area contributed by atoms with Gasteiger partial charge in [-0.05, 0) is 42.7 Å². The molecular weight excluding hydrogens is 411 g/mol. The summed E-state index contributed by atoms with van der Waals surface area (Å²) in [5, 5.41) is 8.94. The molecule has 3 N–H and O–H groups in total. The Morgan fingerprint density at radius 2 is 1.97 bits per heavy atom. The Morgan fingerprint density at radius 3 is 2.72 bits per heavy atom. The molecule has 4 rings (SSSR count). The van der Waals surface area contributed by atoms with E-state index in [-0.39, 0.29) is 11.7 Å². The Labute approximate surface area is 184 Å². The van der Waals surface area contributed by atoms with Crippen molar-refractivity contribution < 1.29 is 14.0 Å². The zero-order valence-corrected chi connectivity index (χ0v) is 17.3. The van der Waals surface area contributed by atoms with Crippen molar-refractivity contribution in [2.24, 2.45) is 0 Å². The standard InChI is InChI=1S/C23H23FN6O2/c24-19-6-5-18(10-21(19)29-23(32)30-8-1-2-9-30)28-22-11-20(17(15-31)14-27-22)26-13-16-4-3-7-25-12-16/h3-7,10-12,14-15H,1-2,8-9,13H2,(H,29,32)(H2,26,27,28). The van der Waals surface area contributed by atoms with Crippen molar-refractivity contribution in [1.82, 2.24) is 14.9 Å². The van der Waals surface area contributed by atoms with Crippen LogP contribution in [0.2, 0.25) is 0 Å². The predicted molar refractivity (Wildman–Crippen MR) is 121 cm³/mol. The smallest absolute Gasteiger partial charge is 0.321 e. The molecule has 3 heterocycles. The van der Waals surface area contributed by atoms with Crippen LogP contribution in [0.25, 0.3) is 0 Å². The normalized spacial score (nSPS) is 13.0. The van der Waals surface area contributed by atoms with Gasteiger partial charge in [-0.3, -0.25) is 9.78 Å². The number of benzene rings is 1. The Bertz CT molecular complexity index is 1100. The number of rotatable bonds is 7. The van der Waals surface area contributed by atoms with E-state index >= 15 is 0 Å². The maximum atomic E-state index is 14.2. The highest BCUT2D eigenvalue weighted by molar-refractivity contribution is 5.90. The Balaban J connectivity index is 1.48. The van der Waals surface area contributed by atoms with E-state index in [1.54, 1.807) is 29.4 Å². The molecule has 0 spiro atoms. The highest BCUT2D eigenvalue weighted by Crippen LogP contribution is 2.25. The van der Waals surface area contributed by atoms with E-state index in [2.05, 4.69) is 25.9 Å². The van der Waals surface area contributed by atoms with E-state index in [9.17, 15) is 14.0 Å². The number of hydrogen-bond donors (Lipinski definition) is 3. The van der Waals surface area contributed by atoms with Gasteiger partial charge < -0.3 is 20.9 Å². The van der Waals surface area contributed by atoms with E-state index in [1.807, 2.05) is 12.1 Å². The molecule has 2 aromatic heterocycles. The molecule has 0 saturated carbocycles. The molecule has 0 radical (unpaired) electrons. The van der Waals surface area contributed by atoms with Gasteiger partial charge in [0.25, 0.3) is 0 Å². The van der Waals surface area contributed by atoms with Gasteiger partial charge in [0.2, 0.25) is 0 Å². The van der Waals surface area contributed by atoms with E-state index < -0.39 is 5.82 Å². The number of amides is 2. The number of carbonyl (C=O) groups is 2. The molecule has 3 aromatic rings. The van der Waals surface area contributed by atoms with Crippen LogP contribution < -0.4 is 16.0 Å². The molecule has 164 valence electrons. The predicted octanol–water partition coefficient (Wildman–Crippen LogP) is 4.41. The van der Waals surface area contributed by atoms with Crippen LogP contribution in [0.5, 0.6) is 0 Å². The van der Waals surface area contributed by atoms with Gasteiger partial charge in [0.1, 0.15) is 11.6 Å². The molecule has 1 aliphatic rings. The second kappa shape index (κ2) is 9.86. The lowest BCUT2D eigenvalue weighted by atomic mass is 10.2. The van der Waals surface area contributed by atoms with Gasteiger partial charge in [-0.1, -0.05) is 6.07 Å². The minimum Gasteiger partial charge on any atom is -0.380 e. The zero-order chi connectivity index (χ0) is 22.3. The van der Waals surface area contributed by atoms with Crippen LogP contribution in [-0.2, 0) is 6.54 Å². The van der Waals surface area contributed by atoms with Gasteiger partial charge in [0, 0.05) is 50.0 Å². The lowest BCUT2D eigenvalue weighted by Gasteiger charge is -2.17. The second-order valence-corrected chi connectivity index (χ2v) is 7.43. The average molecular weight is 434 g/mol. The lowest BCUT2D eigenvalue weighted by Crippen LogP contribution is -2.32. The maximum Gasteiger partial charge on any atom is 0.321 e. The lowest BCUT2D eigenvalue weighted by molar-refractivity contribution is 0.112. The van der Waals surface area contributed by atoms with Crippen LogP contribution in [-0.4, -0.2) is 40.3 Å². The van der Waals surface area contributed by atoms with Crippen LogP contribution in [0.3, 0.4) is 0 Å². The Kier molecular flexibility index (Phi) is 6.54. The SMILES string of the molecule is O=Cc1cnc(Nc2ccc(F)c(NC(=O)N3CCCC3)c2)cc1NCc1cccnc1. The summed E-state index contributed by atoms with van der Waals surface area (Å²) in [6.07, 6.45) is 7.53. The van der Waals surface area contributed by atoms with Gasteiger partial charge in [0.05, 0.1) is 16.9 Å². The highest BCUT2D eigenvalue weighted by Gasteiger charge is 2.19. The number of pyridine rings is 2. The first kappa shape index (κ1) is 21.2. The third kappa shape index (κ3) is 5.18. The van der Waals surface area contributed by atoms with Gasteiger partial charge >= 0.3 is 6.03 Å². The summed E-state index contributed by atoms with van der Waals surface area (Å²) in [6.45, 7) is 1.84. The zero-order valence-electron chi connectivity index (χ0n) is 17.3. The number of nitrogens with zero attached hydrogens (tertiary/aromatic N) is 3. The van der Waals surface area contributed by atoms with Crippen molar-refractivity contribution in [3.63, 3.8) is 0 Å². The average Bonchev–Trinajstić information content (AvgIpc) is 3.36. The highest BCUT2D eigenvalue weighted by atomic mass is 19.1. The molecule has 9 heteroatoms. The van der Waals surface area contributed by atoms with Crippen molar-refractivity contribution in [1.29, 1.82) is 0 Å². The summed E-state index contributed by atoms with van der Waals surface area (Å²) >= 11 is 0. The van der Waals surface area contributed by atoms with E-state index in [4.69, 9.17) is 0 Å². The minimum absolute atomic E-state index is 0.0892. The minimum atomic E-state index is -0.522. The first-order chi connectivity index (χ1) is 15.6. The van der Waals surface area contributed by atoms with Crippen molar-refractivity contribution >= 4 is 35.2 Å². The molecule has 0 aliphatic carbocycles. The Hall–Kier alpha value is -4.01. The van der Waals surface area contributed by atoms with Crippen molar-refractivity contribution in [2.45, 2.75) is 19.4 Å². The van der Waals surface area contributed by atoms with Crippen molar-refractivity contribution in [3.05, 3.63) is 71.9 Å². The summed E-state index contributed by atoms with van der Waals surface area (Å²) in [4.78, 5) is 33.7. The number of likely N-dealkylation sites (tertiary alicyclic amines) is 1. The third-order valence-corrected chi connectivity index (χ3v) is 5.14. The fourth-order valence-corrected chi connectivity index (χ4v) is 3.44. The number of hydrogen-bond acceptors (Lipinski definition) is 6. The summed E-state index contributed by atoms with van der Waals surface area (Å²) in [5.74, 6) is -0.0566. The third-order valence-electron chi connectivity index (χ3n) is 5.14. The number of urea groups is 1. The fraction of sp³-hybridized carbons (Fsp3) is 0.217. The van der Waals surface area contributed by atoms with Gasteiger partial charge in [-0.2, -0.15) is 0 Å². The molecule has 2 amide bonds. The summed E-state index contributed by atoms with van der Waals surface area (Å²) in [5.41, 5.74) is 2.62. The molecule has 32 heavy (non-hydrogen) atoms. The molecule has 1 fully saturated rings. The number of aromatic nitrogens is 2. The van der Waals surface area contributed by atoms with E-state index in [0.717, 1.165) is 24.7 Å². The molecular formula is C23H23FN6O2. The molecule has 1 saturated heterocycles. The molecule has 0 unspecified atom stereocenters. The number of carbonyl (C=O) groups excluding carboxylic acids is 2. The molecule has 0 atom stereocenters. The van der Waals surface area contributed by atoms with Crippen LogP contribution in [0, 0.1) is 5.82 Å². The van der Waals surface area contributed by atoms with Gasteiger partial charge in [-0.15, -0.1) is 0 Å². The molecule has 0 bridgehead atoms. The molecule has 1 aliphatic heterocycles. The molecule has 1 aromatic carbocycles. The fourth-order valence-electron chi connectivity index (χ4n) is 3.44. The van der Waals surface area contributed by atoms with Crippen molar-refractivity contribution in [2.75, 3.05) is 29.0 Å². The number of halogens is 1. The monoisotopic (exact) mass is 434 g/mol. The second-order valence-electron chi connectivity index (χ2n) is 7.43. The summed E-state index contributed by atoms with van der Waals surface area (Å²) in [6, 6.07) is 9.51. The quantitative estimate of drug-likeness (QED) is 0.477. The maximum absolute atomic E-state index is 14.2. The number of nitrogens with one attached hydrogen (secondary N) is 3.